The monoisotopic (exact) mass is 265 g/mol. The van der Waals surface area contributed by atoms with E-state index in [0.29, 0.717) is 10.9 Å². The van der Waals surface area contributed by atoms with E-state index >= 15 is 0 Å². The first-order chi connectivity index (χ1) is 9.08. The van der Waals surface area contributed by atoms with Gasteiger partial charge in [0.1, 0.15) is 5.75 Å². The first-order valence-corrected chi connectivity index (χ1v) is 7.23. The fourth-order valence-corrected chi connectivity index (χ4v) is 3.46. The van der Waals surface area contributed by atoms with Crippen LogP contribution >= 0.6 is 0 Å². The van der Waals surface area contributed by atoms with Gasteiger partial charge in [0, 0.05) is 14.1 Å². The van der Waals surface area contributed by atoms with Gasteiger partial charge in [-0.15, -0.1) is 4.48 Å². The highest BCUT2D eigenvalue weighted by Crippen LogP contribution is 2.45. The molecule has 3 rings (SSSR count). The van der Waals surface area contributed by atoms with Gasteiger partial charge in [-0.3, -0.25) is 0 Å². The molecule has 1 N–H and O–H groups in total. The quantitative estimate of drug-likeness (QED) is 0.715. The molecule has 1 aromatic rings. The van der Waals surface area contributed by atoms with Crippen LogP contribution in [0.15, 0.2) is 18.2 Å². The molecule has 2 nitrogen and oxygen atoms in total. The second-order valence-electron chi connectivity index (χ2n) is 5.86. The molecule has 2 atom stereocenters. The highest BCUT2D eigenvalue weighted by Gasteiger charge is 2.31. The van der Waals surface area contributed by atoms with Crippen molar-refractivity contribution in [2.24, 2.45) is 5.92 Å². The molecule has 1 saturated carbocycles. The van der Waals surface area contributed by atoms with Gasteiger partial charge >= 0.3 is 0 Å². The lowest BCUT2D eigenvalue weighted by molar-refractivity contribution is 0.0977. The molecule has 0 spiro atoms. The summed E-state index contributed by atoms with van der Waals surface area (Å²) >= 11 is 0. The van der Waals surface area contributed by atoms with Gasteiger partial charge in [0.15, 0.2) is 0 Å². The van der Waals surface area contributed by atoms with Crippen LogP contribution in [0, 0.1) is 5.92 Å². The number of hydrogen-bond donors (Lipinski definition) is 1. The van der Waals surface area contributed by atoms with E-state index in [1.54, 1.807) is 0 Å². The van der Waals surface area contributed by atoms with Crippen LogP contribution in [-0.2, 0) is 6.42 Å². The van der Waals surface area contributed by atoms with Crippen molar-refractivity contribution in [3.63, 3.8) is 0 Å². The van der Waals surface area contributed by atoms with Crippen LogP contribution in [0.1, 0.15) is 49.1 Å². The third-order valence-electron chi connectivity index (χ3n) is 4.22. The predicted octanol–water partition coefficient (Wildman–Crippen LogP) is 4.04. The molecule has 0 aromatic heterocycles. The number of phenols is 1. The maximum atomic E-state index is 10.8. The number of hydrogen-bond acceptors (Lipinski definition) is 2. The standard InChI is InChI=1S/C14H18O.C2H6FN/c15-12-8-7-11-6-5-10-3-1-2-4-13(10)14(11)9-12;1-4(2)3/h7-10,13,15H,1-6H2;1-2H3. The molecule has 2 unspecified atom stereocenters. The molecule has 2 aliphatic rings. The molecule has 2 aliphatic carbocycles. The van der Waals surface area contributed by atoms with E-state index in [0.717, 1.165) is 11.8 Å². The number of fused-ring (bicyclic) bond motifs is 3. The van der Waals surface area contributed by atoms with Crippen LogP contribution < -0.4 is 0 Å². The van der Waals surface area contributed by atoms with E-state index in [1.165, 1.54) is 63.7 Å². The zero-order valence-corrected chi connectivity index (χ0v) is 11.9. The summed E-state index contributed by atoms with van der Waals surface area (Å²) in [6, 6.07) is 5.97. The van der Waals surface area contributed by atoms with Crippen LogP contribution in [0.3, 0.4) is 0 Å². The molecule has 3 heteroatoms. The molecule has 106 valence electrons. The number of phenolic OH excluding ortho intramolecular Hbond substituents is 1. The van der Waals surface area contributed by atoms with Crippen LogP contribution in [0.4, 0.5) is 4.48 Å². The van der Waals surface area contributed by atoms with Gasteiger partial charge in [0.05, 0.1) is 0 Å². The zero-order chi connectivity index (χ0) is 13.8. The molecule has 19 heavy (non-hydrogen) atoms. The van der Waals surface area contributed by atoms with Gasteiger partial charge < -0.3 is 5.11 Å². The minimum atomic E-state index is 0.444. The molecular weight excluding hydrogens is 241 g/mol. The number of aromatic hydroxyl groups is 1. The highest BCUT2D eigenvalue weighted by atomic mass is 19.2. The number of rotatable bonds is 0. The summed E-state index contributed by atoms with van der Waals surface area (Å²) < 4.78 is 10.8. The van der Waals surface area contributed by atoms with Crippen molar-refractivity contribution in [3.05, 3.63) is 29.3 Å². The number of benzene rings is 1. The van der Waals surface area contributed by atoms with Crippen molar-refractivity contribution in [2.45, 2.75) is 44.4 Å². The fourth-order valence-electron chi connectivity index (χ4n) is 3.46. The first-order valence-electron chi connectivity index (χ1n) is 7.23. The molecule has 0 heterocycles. The van der Waals surface area contributed by atoms with Gasteiger partial charge in [-0.25, -0.2) is 0 Å². The van der Waals surface area contributed by atoms with Crippen molar-refractivity contribution in [3.8, 4) is 5.75 Å². The van der Waals surface area contributed by atoms with E-state index in [1.807, 2.05) is 12.1 Å². The molecular formula is C16H24FNO. The van der Waals surface area contributed by atoms with Crippen molar-refractivity contribution in [1.29, 1.82) is 0 Å². The van der Waals surface area contributed by atoms with E-state index in [9.17, 15) is 9.59 Å². The predicted molar refractivity (Wildman–Crippen MR) is 75.9 cm³/mol. The Hall–Kier alpha value is -1.09. The summed E-state index contributed by atoms with van der Waals surface area (Å²) in [7, 11) is 2.67. The SMILES string of the molecule is CN(C)F.Oc1ccc2c(c1)C1CCCCC1CC2. The fraction of sp³-hybridized carbons (Fsp3) is 0.625. The van der Waals surface area contributed by atoms with E-state index in [-0.39, 0.29) is 0 Å². The Morgan fingerprint density at radius 3 is 2.58 bits per heavy atom. The molecule has 0 amide bonds. The molecule has 0 bridgehead atoms. The summed E-state index contributed by atoms with van der Waals surface area (Å²) in [5, 5.41) is 10.1. The van der Waals surface area contributed by atoms with Gasteiger partial charge in [-0.2, -0.15) is 5.12 Å². The minimum absolute atomic E-state index is 0.444. The van der Waals surface area contributed by atoms with Crippen LogP contribution in [0.2, 0.25) is 0 Å². The van der Waals surface area contributed by atoms with E-state index < -0.39 is 0 Å². The summed E-state index contributed by atoms with van der Waals surface area (Å²) in [6.07, 6.45) is 8.10. The van der Waals surface area contributed by atoms with Crippen molar-refractivity contribution in [2.75, 3.05) is 14.1 Å². The molecule has 1 fully saturated rings. The molecule has 0 aliphatic heterocycles. The van der Waals surface area contributed by atoms with Crippen LogP contribution in [-0.4, -0.2) is 24.3 Å². The van der Waals surface area contributed by atoms with Gasteiger partial charge in [0.2, 0.25) is 0 Å². The molecule has 1 aromatic carbocycles. The zero-order valence-electron chi connectivity index (χ0n) is 11.9. The lowest BCUT2D eigenvalue weighted by atomic mass is 9.68. The second-order valence-corrected chi connectivity index (χ2v) is 5.86. The third kappa shape index (κ3) is 3.69. The number of aryl methyl sites for hydroxylation is 1. The van der Waals surface area contributed by atoms with Crippen molar-refractivity contribution < 1.29 is 9.59 Å². The normalized spacial score (nSPS) is 25.1. The summed E-state index contributed by atoms with van der Waals surface area (Å²) in [6.45, 7) is 0. The lowest BCUT2D eigenvalue weighted by Crippen LogP contribution is -2.23. The summed E-state index contributed by atoms with van der Waals surface area (Å²) in [5.74, 6) is 2.09. The van der Waals surface area contributed by atoms with Crippen LogP contribution in [0.5, 0.6) is 5.75 Å². The Balaban J connectivity index is 0.000000297. The number of nitrogens with zero attached hydrogens (tertiary/aromatic N) is 1. The first kappa shape index (κ1) is 14.3. The van der Waals surface area contributed by atoms with Gasteiger partial charge in [-0.05, 0) is 60.8 Å². The third-order valence-corrected chi connectivity index (χ3v) is 4.22. The average molecular weight is 265 g/mol. The Bertz CT molecular complexity index is 416. The Kier molecular flexibility index (Phi) is 4.81. The maximum Gasteiger partial charge on any atom is 0.115 e. The molecule has 0 radical (unpaired) electrons. The van der Waals surface area contributed by atoms with E-state index in [2.05, 4.69) is 6.07 Å². The van der Waals surface area contributed by atoms with Gasteiger partial charge in [-0.1, -0.05) is 18.9 Å². The van der Waals surface area contributed by atoms with Crippen molar-refractivity contribution >= 4 is 0 Å². The number of halogens is 1. The van der Waals surface area contributed by atoms with Gasteiger partial charge in [0.25, 0.3) is 0 Å². The smallest absolute Gasteiger partial charge is 0.115 e. The Morgan fingerprint density at radius 1 is 1.16 bits per heavy atom. The Labute approximate surface area is 115 Å². The summed E-state index contributed by atoms with van der Waals surface area (Å²) in [5.41, 5.74) is 2.93. The van der Waals surface area contributed by atoms with Crippen molar-refractivity contribution in [1.82, 2.24) is 5.12 Å². The second kappa shape index (κ2) is 6.38. The largest absolute Gasteiger partial charge is 0.508 e. The summed E-state index contributed by atoms with van der Waals surface area (Å²) in [4.78, 5) is 0. The van der Waals surface area contributed by atoms with Crippen LogP contribution in [0.25, 0.3) is 0 Å². The Morgan fingerprint density at radius 2 is 1.84 bits per heavy atom. The molecule has 0 saturated heterocycles. The average Bonchev–Trinajstić information content (AvgIpc) is 2.38. The lowest BCUT2D eigenvalue weighted by Gasteiger charge is -2.37. The maximum absolute atomic E-state index is 10.8. The highest BCUT2D eigenvalue weighted by molar-refractivity contribution is 5.39. The minimum Gasteiger partial charge on any atom is -0.508 e. The van der Waals surface area contributed by atoms with E-state index in [4.69, 9.17) is 0 Å². The topological polar surface area (TPSA) is 23.5 Å².